The molecule has 130 valence electrons. The molecule has 2 rings (SSSR count). The fourth-order valence-corrected chi connectivity index (χ4v) is 3.35. The molecule has 0 aliphatic rings. The van der Waals surface area contributed by atoms with Crippen LogP contribution in [0.2, 0.25) is 0 Å². The molecule has 0 bridgehead atoms. The number of benzene rings is 2. The molecule has 0 spiro atoms. The topological polar surface area (TPSA) is 99.1 Å². The smallest absolute Gasteiger partial charge is 0.255 e. The lowest BCUT2D eigenvalue weighted by molar-refractivity contribution is 0.102. The number of aryl methyl sites for hydroxylation is 1. The molecule has 0 aliphatic carbocycles. The number of carbonyl (C=O) groups is 1. The van der Waals surface area contributed by atoms with E-state index in [-0.39, 0.29) is 17.3 Å². The Bertz CT molecular complexity index is 914. The maximum Gasteiger partial charge on any atom is 0.255 e. The predicted octanol–water partition coefficient (Wildman–Crippen LogP) is 2.61. The van der Waals surface area contributed by atoms with E-state index in [9.17, 15) is 13.2 Å². The van der Waals surface area contributed by atoms with Crippen LogP contribution in [0.5, 0.6) is 0 Å². The molecule has 1 amide bonds. The molecule has 25 heavy (non-hydrogen) atoms. The van der Waals surface area contributed by atoms with Crippen LogP contribution in [0.15, 0.2) is 47.4 Å². The zero-order chi connectivity index (χ0) is 18.4. The Morgan fingerprint density at radius 2 is 1.84 bits per heavy atom. The number of hydrogen-bond acceptors (Lipinski definition) is 4. The molecule has 0 atom stereocenters. The van der Waals surface area contributed by atoms with Crippen molar-refractivity contribution in [3.05, 3.63) is 59.2 Å². The molecule has 7 heteroatoms. The highest BCUT2D eigenvalue weighted by Crippen LogP contribution is 2.18. The average Bonchev–Trinajstić information content (AvgIpc) is 2.57. The van der Waals surface area contributed by atoms with Crippen molar-refractivity contribution < 1.29 is 13.2 Å². The highest BCUT2D eigenvalue weighted by molar-refractivity contribution is 7.89. The summed E-state index contributed by atoms with van der Waals surface area (Å²) in [5.41, 5.74) is 2.40. The highest BCUT2D eigenvalue weighted by Gasteiger charge is 2.17. The standard InChI is InChI=1S/C18H19N3O3S/c1-3-20-25(23,24)16-9-4-13(2)17(12-16)18(22)21-15-7-5-14(6-8-15)10-11-19/h4-9,12,20H,3,10H2,1-2H3,(H,21,22). The summed E-state index contributed by atoms with van der Waals surface area (Å²) in [6, 6.07) is 13.4. The zero-order valence-corrected chi connectivity index (χ0v) is 14.9. The Balaban J connectivity index is 2.25. The van der Waals surface area contributed by atoms with Gasteiger partial charge in [-0.05, 0) is 42.3 Å². The van der Waals surface area contributed by atoms with E-state index in [0.29, 0.717) is 23.2 Å². The van der Waals surface area contributed by atoms with E-state index >= 15 is 0 Å². The molecule has 2 N–H and O–H groups in total. The minimum Gasteiger partial charge on any atom is -0.322 e. The molecule has 0 unspecified atom stereocenters. The van der Waals surface area contributed by atoms with Crippen LogP contribution in [0.4, 0.5) is 5.69 Å². The minimum atomic E-state index is -3.63. The molecular weight excluding hydrogens is 338 g/mol. The summed E-state index contributed by atoms with van der Waals surface area (Å²) in [6.45, 7) is 3.71. The van der Waals surface area contributed by atoms with Crippen LogP contribution in [0.3, 0.4) is 0 Å². The van der Waals surface area contributed by atoms with Crippen LogP contribution in [0.1, 0.15) is 28.4 Å². The van der Waals surface area contributed by atoms with E-state index in [4.69, 9.17) is 5.26 Å². The maximum atomic E-state index is 12.5. The van der Waals surface area contributed by atoms with Gasteiger partial charge in [-0.3, -0.25) is 4.79 Å². The monoisotopic (exact) mass is 357 g/mol. The Morgan fingerprint density at radius 1 is 1.16 bits per heavy atom. The first kappa shape index (κ1) is 18.6. The number of nitrogens with zero attached hydrogens (tertiary/aromatic N) is 1. The van der Waals surface area contributed by atoms with Crippen molar-refractivity contribution in [3.63, 3.8) is 0 Å². The van der Waals surface area contributed by atoms with Gasteiger partial charge in [-0.2, -0.15) is 5.26 Å². The van der Waals surface area contributed by atoms with Gasteiger partial charge in [-0.15, -0.1) is 0 Å². The van der Waals surface area contributed by atoms with Crippen molar-refractivity contribution in [1.29, 1.82) is 5.26 Å². The molecule has 0 heterocycles. The van der Waals surface area contributed by atoms with Crippen molar-refractivity contribution in [2.45, 2.75) is 25.2 Å². The Morgan fingerprint density at radius 3 is 2.44 bits per heavy atom. The molecule has 0 saturated heterocycles. The second-order valence-corrected chi connectivity index (χ2v) is 7.23. The Labute approximate surface area is 147 Å². The van der Waals surface area contributed by atoms with Gasteiger partial charge in [-0.25, -0.2) is 13.1 Å². The van der Waals surface area contributed by atoms with Crippen molar-refractivity contribution in [2.75, 3.05) is 11.9 Å². The van der Waals surface area contributed by atoms with E-state index in [1.807, 2.05) is 0 Å². The number of amides is 1. The molecule has 0 radical (unpaired) electrons. The maximum absolute atomic E-state index is 12.5. The largest absolute Gasteiger partial charge is 0.322 e. The fourth-order valence-electron chi connectivity index (χ4n) is 2.28. The van der Waals surface area contributed by atoms with Crippen molar-refractivity contribution in [1.82, 2.24) is 4.72 Å². The summed E-state index contributed by atoms with van der Waals surface area (Å²) < 4.78 is 26.6. The summed E-state index contributed by atoms with van der Waals surface area (Å²) in [4.78, 5) is 12.6. The number of anilines is 1. The third-order valence-electron chi connectivity index (χ3n) is 3.59. The molecule has 0 fully saturated rings. The van der Waals surface area contributed by atoms with Gasteiger partial charge in [0.05, 0.1) is 17.4 Å². The van der Waals surface area contributed by atoms with Gasteiger partial charge < -0.3 is 5.32 Å². The molecular formula is C18H19N3O3S. The van der Waals surface area contributed by atoms with E-state index in [0.717, 1.165) is 5.56 Å². The summed E-state index contributed by atoms with van der Waals surface area (Å²) in [5, 5.41) is 11.4. The first-order valence-corrected chi connectivity index (χ1v) is 9.23. The summed E-state index contributed by atoms with van der Waals surface area (Å²) >= 11 is 0. The van der Waals surface area contributed by atoms with Crippen LogP contribution in [-0.2, 0) is 16.4 Å². The van der Waals surface area contributed by atoms with Gasteiger partial charge in [-0.1, -0.05) is 25.1 Å². The van der Waals surface area contributed by atoms with Crippen LogP contribution >= 0.6 is 0 Å². The van der Waals surface area contributed by atoms with Crippen molar-refractivity contribution in [2.24, 2.45) is 0 Å². The number of nitrogens with one attached hydrogen (secondary N) is 2. The van der Waals surface area contributed by atoms with E-state index < -0.39 is 10.0 Å². The van der Waals surface area contributed by atoms with Gasteiger partial charge in [0.1, 0.15) is 0 Å². The lowest BCUT2D eigenvalue weighted by atomic mass is 10.1. The first-order chi connectivity index (χ1) is 11.9. The fraction of sp³-hybridized carbons (Fsp3) is 0.222. The van der Waals surface area contributed by atoms with Crippen molar-refractivity contribution in [3.8, 4) is 6.07 Å². The van der Waals surface area contributed by atoms with E-state index in [1.165, 1.54) is 12.1 Å². The second kappa shape index (κ2) is 7.92. The van der Waals surface area contributed by atoms with Gasteiger partial charge in [0, 0.05) is 17.8 Å². The molecule has 2 aromatic rings. The van der Waals surface area contributed by atoms with Crippen LogP contribution in [-0.4, -0.2) is 20.9 Å². The van der Waals surface area contributed by atoms with Crippen LogP contribution in [0.25, 0.3) is 0 Å². The van der Waals surface area contributed by atoms with Gasteiger partial charge in [0.2, 0.25) is 10.0 Å². The Hall–Kier alpha value is -2.69. The quantitative estimate of drug-likeness (QED) is 0.830. The normalized spacial score (nSPS) is 10.9. The van der Waals surface area contributed by atoms with Gasteiger partial charge in [0.15, 0.2) is 0 Å². The third-order valence-corrected chi connectivity index (χ3v) is 5.14. The molecule has 6 nitrogen and oxygen atoms in total. The first-order valence-electron chi connectivity index (χ1n) is 7.75. The number of hydrogen-bond donors (Lipinski definition) is 2. The zero-order valence-electron chi connectivity index (χ0n) is 14.0. The summed E-state index contributed by atoms with van der Waals surface area (Å²) in [7, 11) is -3.63. The van der Waals surface area contributed by atoms with Gasteiger partial charge >= 0.3 is 0 Å². The third kappa shape index (κ3) is 4.66. The van der Waals surface area contributed by atoms with Crippen molar-refractivity contribution >= 4 is 21.6 Å². The lowest BCUT2D eigenvalue weighted by Gasteiger charge is -2.11. The van der Waals surface area contributed by atoms with E-state index in [2.05, 4.69) is 16.1 Å². The number of carbonyl (C=O) groups excluding carboxylic acids is 1. The van der Waals surface area contributed by atoms with E-state index in [1.54, 1.807) is 44.2 Å². The SMILES string of the molecule is CCNS(=O)(=O)c1ccc(C)c(C(=O)Nc2ccc(CC#N)cc2)c1. The number of sulfonamides is 1. The van der Waals surface area contributed by atoms with Crippen LogP contribution in [0, 0.1) is 18.3 Å². The minimum absolute atomic E-state index is 0.0504. The Kier molecular flexibility index (Phi) is 5.91. The lowest BCUT2D eigenvalue weighted by Crippen LogP contribution is -2.24. The van der Waals surface area contributed by atoms with Crippen LogP contribution < -0.4 is 10.0 Å². The predicted molar refractivity (Wildman–Crippen MR) is 95.8 cm³/mol. The summed E-state index contributed by atoms with van der Waals surface area (Å²) in [5.74, 6) is -0.390. The average molecular weight is 357 g/mol. The highest BCUT2D eigenvalue weighted by atomic mass is 32.2. The molecule has 2 aromatic carbocycles. The second-order valence-electron chi connectivity index (χ2n) is 5.46. The molecule has 0 saturated carbocycles. The molecule has 0 aromatic heterocycles. The van der Waals surface area contributed by atoms with Gasteiger partial charge in [0.25, 0.3) is 5.91 Å². The number of nitriles is 1. The summed E-state index contributed by atoms with van der Waals surface area (Å²) in [6.07, 6.45) is 0.303. The molecule has 0 aliphatic heterocycles. The number of rotatable bonds is 6.